The van der Waals surface area contributed by atoms with Crippen LogP contribution in [0.4, 0.5) is 0 Å². The Bertz CT molecular complexity index is 1040. The van der Waals surface area contributed by atoms with Crippen LogP contribution in [-0.4, -0.2) is 30.9 Å². The predicted molar refractivity (Wildman–Crippen MR) is 109 cm³/mol. The normalized spacial score (nSPS) is 10.8. The number of nitrogens with one attached hydrogen (secondary N) is 1. The molecule has 6 nitrogen and oxygen atoms in total. The molecule has 0 bridgehead atoms. The molecular formula is C22H20N2O4. The zero-order valence-corrected chi connectivity index (χ0v) is 15.4. The maximum Gasteiger partial charge on any atom is 0.275 e. The van der Waals surface area contributed by atoms with Crippen molar-refractivity contribution < 1.29 is 19.4 Å². The number of carbonyl (C=O) groups is 1. The van der Waals surface area contributed by atoms with Gasteiger partial charge in [0.05, 0.1) is 18.9 Å². The first-order valence-electron chi connectivity index (χ1n) is 8.59. The predicted octanol–water partition coefficient (Wildman–Crippen LogP) is 3.88. The fraction of sp³-hybridized carbons (Fsp3) is 0.0909. The van der Waals surface area contributed by atoms with Gasteiger partial charge in [-0.05, 0) is 46.7 Å². The first-order valence-corrected chi connectivity index (χ1v) is 8.59. The Labute approximate surface area is 162 Å². The number of hydrogen-bond acceptors (Lipinski definition) is 5. The van der Waals surface area contributed by atoms with Gasteiger partial charge in [0.1, 0.15) is 12.4 Å². The van der Waals surface area contributed by atoms with E-state index in [2.05, 4.69) is 17.1 Å². The molecule has 3 rings (SSSR count). The Morgan fingerprint density at radius 1 is 1.14 bits per heavy atom. The SMILES string of the molecule is C=CCOc1ccc(/C=N\NC(=O)c2cc3ccccc3cc2O)cc1OC. The summed E-state index contributed by atoms with van der Waals surface area (Å²) >= 11 is 0. The molecule has 0 aliphatic rings. The van der Waals surface area contributed by atoms with Crippen molar-refractivity contribution in [3.05, 3.63) is 78.4 Å². The molecule has 3 aromatic rings. The van der Waals surface area contributed by atoms with Crippen molar-refractivity contribution in [1.29, 1.82) is 0 Å². The van der Waals surface area contributed by atoms with Gasteiger partial charge < -0.3 is 14.6 Å². The summed E-state index contributed by atoms with van der Waals surface area (Å²) in [7, 11) is 1.54. The molecule has 142 valence electrons. The molecule has 3 aromatic carbocycles. The fourth-order valence-electron chi connectivity index (χ4n) is 2.67. The van der Waals surface area contributed by atoms with Gasteiger partial charge in [0.2, 0.25) is 0 Å². The van der Waals surface area contributed by atoms with Crippen LogP contribution in [0.1, 0.15) is 15.9 Å². The Kier molecular flexibility index (Phi) is 5.91. The van der Waals surface area contributed by atoms with Gasteiger partial charge in [-0.25, -0.2) is 5.43 Å². The van der Waals surface area contributed by atoms with Crippen LogP contribution in [0.3, 0.4) is 0 Å². The first-order chi connectivity index (χ1) is 13.6. The lowest BCUT2D eigenvalue weighted by atomic mass is 10.1. The molecule has 0 aromatic heterocycles. The number of hydrogen-bond donors (Lipinski definition) is 2. The number of hydrazone groups is 1. The molecule has 0 fully saturated rings. The van der Waals surface area contributed by atoms with E-state index >= 15 is 0 Å². The lowest BCUT2D eigenvalue weighted by molar-refractivity contribution is 0.0952. The van der Waals surface area contributed by atoms with Gasteiger partial charge in [-0.1, -0.05) is 36.9 Å². The summed E-state index contributed by atoms with van der Waals surface area (Å²) in [5.74, 6) is 0.531. The quantitative estimate of drug-likeness (QED) is 0.373. The molecule has 28 heavy (non-hydrogen) atoms. The molecule has 0 heterocycles. The highest BCUT2D eigenvalue weighted by molar-refractivity contribution is 6.01. The van der Waals surface area contributed by atoms with Gasteiger partial charge in [-0.3, -0.25) is 4.79 Å². The number of phenolic OH excluding ortho intramolecular Hbond substituents is 1. The van der Waals surface area contributed by atoms with Crippen LogP contribution in [0.5, 0.6) is 17.2 Å². The minimum absolute atomic E-state index is 0.100. The third-order valence-electron chi connectivity index (χ3n) is 4.03. The standard InChI is InChI=1S/C22H20N2O4/c1-3-10-28-20-9-8-15(11-21(20)27-2)14-23-24-22(26)18-12-16-6-4-5-7-17(16)13-19(18)25/h3-9,11-14,25H,1,10H2,2H3,(H,24,26)/b23-14-. The monoisotopic (exact) mass is 376 g/mol. The molecule has 1 amide bonds. The number of phenols is 1. The largest absolute Gasteiger partial charge is 0.507 e. The lowest BCUT2D eigenvalue weighted by Crippen LogP contribution is -2.17. The Morgan fingerprint density at radius 2 is 1.89 bits per heavy atom. The Balaban J connectivity index is 1.73. The van der Waals surface area contributed by atoms with Gasteiger partial charge in [0.25, 0.3) is 5.91 Å². The number of benzene rings is 3. The van der Waals surface area contributed by atoms with E-state index in [1.54, 1.807) is 43.5 Å². The molecule has 0 unspecified atom stereocenters. The van der Waals surface area contributed by atoms with Crippen LogP contribution in [-0.2, 0) is 0 Å². The summed E-state index contributed by atoms with van der Waals surface area (Å²) in [4.78, 5) is 12.4. The second-order valence-corrected chi connectivity index (χ2v) is 5.93. The third kappa shape index (κ3) is 4.29. The summed E-state index contributed by atoms with van der Waals surface area (Å²) in [6.07, 6.45) is 3.13. The summed E-state index contributed by atoms with van der Waals surface area (Å²) in [5, 5.41) is 15.8. The van der Waals surface area contributed by atoms with Crippen LogP contribution in [0.15, 0.2) is 72.4 Å². The van der Waals surface area contributed by atoms with E-state index in [9.17, 15) is 9.90 Å². The number of methoxy groups -OCH3 is 1. The number of nitrogens with zero attached hydrogens (tertiary/aromatic N) is 1. The summed E-state index contributed by atoms with van der Waals surface area (Å²) in [6.45, 7) is 3.98. The molecule has 0 atom stereocenters. The number of aromatic hydroxyl groups is 1. The Hall–Kier alpha value is -3.80. The third-order valence-corrected chi connectivity index (χ3v) is 4.03. The second-order valence-electron chi connectivity index (χ2n) is 5.93. The molecule has 0 spiro atoms. The van der Waals surface area contributed by atoms with Gasteiger partial charge >= 0.3 is 0 Å². The second kappa shape index (κ2) is 8.73. The summed E-state index contributed by atoms with van der Waals surface area (Å²) in [6, 6.07) is 15.9. The van der Waals surface area contributed by atoms with Crippen LogP contribution in [0, 0.1) is 0 Å². The fourth-order valence-corrected chi connectivity index (χ4v) is 2.67. The lowest BCUT2D eigenvalue weighted by Gasteiger charge is -2.09. The van der Waals surface area contributed by atoms with E-state index in [0.717, 1.165) is 10.8 Å². The minimum Gasteiger partial charge on any atom is -0.507 e. The van der Waals surface area contributed by atoms with Gasteiger partial charge in [0, 0.05) is 0 Å². The van der Waals surface area contributed by atoms with Crippen LogP contribution < -0.4 is 14.9 Å². The van der Waals surface area contributed by atoms with Gasteiger partial charge in [-0.2, -0.15) is 5.10 Å². The smallest absolute Gasteiger partial charge is 0.275 e. The van der Waals surface area contributed by atoms with E-state index in [0.29, 0.717) is 23.7 Å². The highest BCUT2D eigenvalue weighted by atomic mass is 16.5. The van der Waals surface area contributed by atoms with Crippen molar-refractivity contribution in [3.63, 3.8) is 0 Å². The zero-order valence-electron chi connectivity index (χ0n) is 15.4. The molecule has 0 saturated carbocycles. The number of amides is 1. The molecule has 0 aliphatic heterocycles. The number of fused-ring (bicyclic) bond motifs is 1. The van der Waals surface area contributed by atoms with Crippen LogP contribution in [0.25, 0.3) is 10.8 Å². The number of carbonyl (C=O) groups excluding carboxylic acids is 1. The van der Waals surface area contributed by atoms with E-state index in [-0.39, 0.29) is 11.3 Å². The van der Waals surface area contributed by atoms with Crippen molar-refractivity contribution in [1.82, 2.24) is 5.43 Å². The van der Waals surface area contributed by atoms with Crippen molar-refractivity contribution in [3.8, 4) is 17.2 Å². The molecular weight excluding hydrogens is 356 g/mol. The highest BCUT2D eigenvalue weighted by Crippen LogP contribution is 2.27. The van der Waals surface area contributed by atoms with E-state index in [4.69, 9.17) is 9.47 Å². The Morgan fingerprint density at radius 3 is 2.61 bits per heavy atom. The van der Waals surface area contributed by atoms with Gasteiger partial charge in [0.15, 0.2) is 11.5 Å². The first kappa shape index (κ1) is 19.0. The molecule has 0 radical (unpaired) electrons. The molecule has 0 aliphatic carbocycles. The minimum atomic E-state index is -0.502. The van der Waals surface area contributed by atoms with E-state index in [1.165, 1.54) is 6.21 Å². The average molecular weight is 376 g/mol. The zero-order chi connectivity index (χ0) is 19.9. The number of rotatable bonds is 7. The maximum atomic E-state index is 12.4. The average Bonchev–Trinajstić information content (AvgIpc) is 2.72. The number of ether oxygens (including phenoxy) is 2. The highest BCUT2D eigenvalue weighted by Gasteiger charge is 2.12. The van der Waals surface area contributed by atoms with Crippen molar-refractivity contribution >= 4 is 22.9 Å². The van der Waals surface area contributed by atoms with Crippen molar-refractivity contribution in [2.75, 3.05) is 13.7 Å². The van der Waals surface area contributed by atoms with E-state index < -0.39 is 5.91 Å². The topological polar surface area (TPSA) is 80.2 Å². The van der Waals surface area contributed by atoms with Crippen LogP contribution in [0.2, 0.25) is 0 Å². The van der Waals surface area contributed by atoms with Crippen LogP contribution >= 0.6 is 0 Å². The molecule has 6 heteroatoms. The maximum absolute atomic E-state index is 12.4. The van der Waals surface area contributed by atoms with Crippen molar-refractivity contribution in [2.45, 2.75) is 0 Å². The van der Waals surface area contributed by atoms with Crippen molar-refractivity contribution in [2.24, 2.45) is 5.10 Å². The van der Waals surface area contributed by atoms with E-state index in [1.807, 2.05) is 24.3 Å². The molecule has 2 N–H and O–H groups in total. The van der Waals surface area contributed by atoms with Gasteiger partial charge in [-0.15, -0.1) is 0 Å². The summed E-state index contributed by atoms with van der Waals surface area (Å²) in [5.41, 5.74) is 3.29. The molecule has 0 saturated heterocycles. The summed E-state index contributed by atoms with van der Waals surface area (Å²) < 4.78 is 10.8.